The van der Waals surface area contributed by atoms with Crippen LogP contribution in [-0.4, -0.2) is 66.4 Å². The maximum absolute atomic E-state index is 12.8. The molecule has 1 atom stereocenters. The van der Waals surface area contributed by atoms with Crippen LogP contribution >= 0.6 is 0 Å². The van der Waals surface area contributed by atoms with Crippen LogP contribution in [0.25, 0.3) is 0 Å². The monoisotopic (exact) mass is 371 g/mol. The van der Waals surface area contributed by atoms with Gasteiger partial charge in [0.05, 0.1) is 6.04 Å². The molecule has 1 aromatic carbocycles. The molecule has 0 bridgehead atoms. The molecule has 0 aliphatic carbocycles. The van der Waals surface area contributed by atoms with Crippen molar-refractivity contribution in [2.45, 2.75) is 52.1 Å². The summed E-state index contributed by atoms with van der Waals surface area (Å²) in [6.07, 6.45) is 4.73. The minimum Gasteiger partial charge on any atom is -0.341 e. The number of rotatable bonds is 6. The molecule has 0 spiro atoms. The van der Waals surface area contributed by atoms with Crippen molar-refractivity contribution in [3.63, 3.8) is 0 Å². The molecular weight excluding hydrogens is 334 g/mol. The first-order chi connectivity index (χ1) is 13.0. The number of carbonyl (C=O) groups is 1. The predicted molar refractivity (Wildman–Crippen MR) is 112 cm³/mol. The van der Waals surface area contributed by atoms with Gasteiger partial charge in [-0.15, -0.1) is 0 Å². The Labute approximate surface area is 165 Å². The highest BCUT2D eigenvalue weighted by atomic mass is 16.2. The van der Waals surface area contributed by atoms with E-state index in [9.17, 15) is 4.79 Å². The van der Waals surface area contributed by atoms with E-state index in [4.69, 9.17) is 0 Å². The van der Waals surface area contributed by atoms with Gasteiger partial charge in [-0.25, -0.2) is 0 Å². The smallest absolute Gasteiger partial charge is 0.239 e. The largest absolute Gasteiger partial charge is 0.341 e. The quantitative estimate of drug-likeness (QED) is 0.766. The Hall–Kier alpha value is -1.39. The van der Waals surface area contributed by atoms with Crippen LogP contribution in [0.2, 0.25) is 0 Å². The second-order valence-corrected chi connectivity index (χ2v) is 8.85. The highest BCUT2D eigenvalue weighted by Crippen LogP contribution is 2.23. The van der Waals surface area contributed by atoms with Gasteiger partial charge in [0.15, 0.2) is 0 Å². The van der Waals surface area contributed by atoms with Crippen LogP contribution < -0.4 is 0 Å². The Kier molecular flexibility index (Phi) is 7.31. The van der Waals surface area contributed by atoms with Crippen molar-refractivity contribution in [3.8, 4) is 0 Å². The van der Waals surface area contributed by atoms with Crippen LogP contribution in [0.4, 0.5) is 0 Å². The molecule has 3 rings (SSSR count). The molecule has 4 nitrogen and oxygen atoms in total. The fourth-order valence-electron chi connectivity index (χ4n) is 4.57. The predicted octanol–water partition coefficient (Wildman–Crippen LogP) is 3.48. The normalized spacial score (nSPS) is 21.6. The Balaban J connectivity index is 1.41. The van der Waals surface area contributed by atoms with E-state index in [1.54, 1.807) is 0 Å². The van der Waals surface area contributed by atoms with Gasteiger partial charge in [-0.2, -0.15) is 0 Å². The Morgan fingerprint density at radius 1 is 1.07 bits per heavy atom. The van der Waals surface area contributed by atoms with Crippen molar-refractivity contribution in [1.29, 1.82) is 0 Å². The number of carbonyl (C=O) groups excluding carboxylic acids is 1. The van der Waals surface area contributed by atoms with Gasteiger partial charge in [-0.1, -0.05) is 37.3 Å². The van der Waals surface area contributed by atoms with Crippen molar-refractivity contribution in [1.82, 2.24) is 14.7 Å². The average molecular weight is 372 g/mol. The standard InChI is InChI=1S/C23H37N3O/c1-19-9-13-26(14-10-19)23(27)20(2)25-15-11-22(12-16-25)18-24(3)17-21-7-5-4-6-8-21/h4-8,19-20,22H,9-18H2,1-3H3. The summed E-state index contributed by atoms with van der Waals surface area (Å²) in [5.41, 5.74) is 1.38. The number of nitrogens with zero attached hydrogens (tertiary/aromatic N) is 3. The van der Waals surface area contributed by atoms with Crippen LogP contribution in [0.3, 0.4) is 0 Å². The van der Waals surface area contributed by atoms with Crippen LogP contribution in [0.5, 0.6) is 0 Å². The number of likely N-dealkylation sites (tertiary alicyclic amines) is 2. The molecule has 2 fully saturated rings. The van der Waals surface area contributed by atoms with E-state index in [1.807, 2.05) is 0 Å². The minimum absolute atomic E-state index is 0.0430. The fourth-order valence-corrected chi connectivity index (χ4v) is 4.57. The molecule has 2 aliphatic heterocycles. The molecule has 2 heterocycles. The molecule has 27 heavy (non-hydrogen) atoms. The first-order valence-corrected chi connectivity index (χ1v) is 10.8. The van der Waals surface area contributed by atoms with Crippen molar-refractivity contribution in [2.24, 2.45) is 11.8 Å². The Morgan fingerprint density at radius 2 is 1.70 bits per heavy atom. The molecular formula is C23H37N3O. The molecule has 0 aromatic heterocycles. The van der Waals surface area contributed by atoms with E-state index in [0.717, 1.165) is 63.9 Å². The third-order valence-corrected chi connectivity index (χ3v) is 6.51. The van der Waals surface area contributed by atoms with E-state index in [-0.39, 0.29) is 6.04 Å². The van der Waals surface area contributed by atoms with Crippen LogP contribution in [0.1, 0.15) is 45.1 Å². The first kappa shape index (κ1) is 20.3. The highest BCUT2D eigenvalue weighted by molar-refractivity contribution is 5.81. The molecule has 0 N–H and O–H groups in total. The van der Waals surface area contributed by atoms with Crippen LogP contribution in [-0.2, 0) is 11.3 Å². The SMILES string of the molecule is CC1CCN(C(=O)C(C)N2CCC(CN(C)Cc3ccccc3)CC2)CC1. The Morgan fingerprint density at radius 3 is 2.33 bits per heavy atom. The Bertz CT molecular complexity index is 575. The van der Waals surface area contributed by atoms with Gasteiger partial charge in [0, 0.05) is 26.2 Å². The second kappa shape index (κ2) is 9.70. The molecule has 150 valence electrons. The van der Waals surface area contributed by atoms with Gasteiger partial charge < -0.3 is 9.80 Å². The first-order valence-electron chi connectivity index (χ1n) is 10.8. The number of piperidine rings is 2. The number of amides is 1. The summed E-state index contributed by atoms with van der Waals surface area (Å²) >= 11 is 0. The van der Waals surface area contributed by atoms with Gasteiger partial charge in [0.1, 0.15) is 0 Å². The van der Waals surface area contributed by atoms with E-state index in [2.05, 4.69) is 65.9 Å². The maximum atomic E-state index is 12.8. The summed E-state index contributed by atoms with van der Waals surface area (Å²) in [6.45, 7) is 10.6. The molecule has 4 heteroatoms. The zero-order valence-corrected chi connectivity index (χ0v) is 17.4. The lowest BCUT2D eigenvalue weighted by molar-refractivity contribution is -0.138. The molecule has 0 saturated carbocycles. The molecule has 0 radical (unpaired) electrons. The fraction of sp³-hybridized carbons (Fsp3) is 0.696. The number of hydrogen-bond donors (Lipinski definition) is 0. The van der Waals surface area contributed by atoms with E-state index < -0.39 is 0 Å². The highest BCUT2D eigenvalue weighted by Gasteiger charge is 2.30. The number of hydrogen-bond acceptors (Lipinski definition) is 3. The summed E-state index contributed by atoms with van der Waals surface area (Å²) in [6, 6.07) is 10.8. The summed E-state index contributed by atoms with van der Waals surface area (Å²) in [5, 5.41) is 0. The van der Waals surface area contributed by atoms with E-state index in [1.165, 1.54) is 18.4 Å². The maximum Gasteiger partial charge on any atom is 0.239 e. The zero-order chi connectivity index (χ0) is 19.2. The minimum atomic E-state index is 0.0430. The lowest BCUT2D eigenvalue weighted by Gasteiger charge is -2.39. The molecule has 2 aliphatic rings. The summed E-state index contributed by atoms with van der Waals surface area (Å²) in [4.78, 5) is 19.8. The van der Waals surface area contributed by atoms with Gasteiger partial charge in [-0.05, 0) is 70.1 Å². The van der Waals surface area contributed by atoms with Crippen molar-refractivity contribution >= 4 is 5.91 Å². The lowest BCUT2D eigenvalue weighted by atomic mass is 9.94. The van der Waals surface area contributed by atoms with Crippen molar-refractivity contribution in [2.75, 3.05) is 39.8 Å². The third-order valence-electron chi connectivity index (χ3n) is 6.51. The average Bonchev–Trinajstić information content (AvgIpc) is 2.69. The topological polar surface area (TPSA) is 26.8 Å². The molecule has 2 saturated heterocycles. The van der Waals surface area contributed by atoms with Gasteiger partial charge in [-0.3, -0.25) is 9.69 Å². The molecule has 1 amide bonds. The van der Waals surface area contributed by atoms with Crippen LogP contribution in [0, 0.1) is 11.8 Å². The molecule has 1 unspecified atom stereocenters. The number of benzene rings is 1. The van der Waals surface area contributed by atoms with Crippen molar-refractivity contribution in [3.05, 3.63) is 35.9 Å². The summed E-state index contributed by atoms with van der Waals surface area (Å²) in [7, 11) is 2.23. The van der Waals surface area contributed by atoms with E-state index >= 15 is 0 Å². The lowest BCUT2D eigenvalue weighted by Crippen LogP contribution is -2.51. The van der Waals surface area contributed by atoms with Crippen LogP contribution in [0.15, 0.2) is 30.3 Å². The summed E-state index contributed by atoms with van der Waals surface area (Å²) in [5.74, 6) is 1.86. The van der Waals surface area contributed by atoms with Gasteiger partial charge >= 0.3 is 0 Å². The molecule has 1 aromatic rings. The van der Waals surface area contributed by atoms with Gasteiger partial charge in [0.2, 0.25) is 5.91 Å². The second-order valence-electron chi connectivity index (χ2n) is 8.85. The summed E-state index contributed by atoms with van der Waals surface area (Å²) < 4.78 is 0. The van der Waals surface area contributed by atoms with Crippen molar-refractivity contribution < 1.29 is 4.79 Å². The zero-order valence-electron chi connectivity index (χ0n) is 17.4. The third kappa shape index (κ3) is 5.79. The van der Waals surface area contributed by atoms with E-state index in [0.29, 0.717) is 5.91 Å². The van der Waals surface area contributed by atoms with Gasteiger partial charge in [0.25, 0.3) is 0 Å².